The van der Waals surface area contributed by atoms with Gasteiger partial charge in [-0.2, -0.15) is 0 Å². The molecule has 29 heavy (non-hydrogen) atoms. The number of benzene rings is 2. The van der Waals surface area contributed by atoms with Crippen LogP contribution in [0.1, 0.15) is 68.6 Å². The molecule has 2 rings (SSSR count). The summed E-state index contributed by atoms with van der Waals surface area (Å²) < 4.78 is 32.2. The Bertz CT molecular complexity index is 917. The molecule has 0 saturated carbocycles. The number of halogens is 2. The van der Waals surface area contributed by atoms with Crippen LogP contribution in [0.2, 0.25) is 0 Å². The monoisotopic (exact) mass is 440 g/mol. The van der Waals surface area contributed by atoms with Crippen molar-refractivity contribution in [2.24, 2.45) is 0 Å². The van der Waals surface area contributed by atoms with E-state index in [0.717, 1.165) is 12.1 Å². The summed E-state index contributed by atoms with van der Waals surface area (Å²) in [7, 11) is 0. The van der Waals surface area contributed by atoms with E-state index in [1.165, 1.54) is 6.07 Å². The highest BCUT2D eigenvalue weighted by atomic mass is 32.1. The van der Waals surface area contributed by atoms with E-state index in [4.69, 9.17) is 4.74 Å². The van der Waals surface area contributed by atoms with Gasteiger partial charge in [-0.3, -0.25) is 0 Å². The molecular weight excluding hydrogens is 414 g/mol. The topological polar surface area (TPSA) is 46.5 Å². The van der Waals surface area contributed by atoms with Gasteiger partial charge in [0.05, 0.1) is 5.56 Å². The molecule has 3 nitrogen and oxygen atoms in total. The lowest BCUT2D eigenvalue weighted by Crippen LogP contribution is -2.22. The minimum Gasteiger partial charge on any atom is -0.507 e. The van der Waals surface area contributed by atoms with E-state index in [-0.39, 0.29) is 33.3 Å². The minimum absolute atomic E-state index is 0.0427. The lowest BCUT2D eigenvalue weighted by molar-refractivity contribution is 0.0459. The second-order valence-electron chi connectivity index (χ2n) is 8.98. The number of aromatic hydroxyl groups is 1. The van der Waals surface area contributed by atoms with Crippen LogP contribution in [0.4, 0.5) is 8.78 Å². The molecule has 0 radical (unpaired) electrons. The van der Waals surface area contributed by atoms with Crippen LogP contribution < -0.4 is 0 Å². The van der Waals surface area contributed by atoms with Crippen molar-refractivity contribution in [2.45, 2.75) is 68.8 Å². The molecule has 0 aliphatic heterocycles. The molecule has 0 saturated heterocycles. The summed E-state index contributed by atoms with van der Waals surface area (Å²) in [4.78, 5) is 13.4. The number of thiol groups is 2. The molecule has 0 spiro atoms. The minimum atomic E-state index is -0.800. The summed E-state index contributed by atoms with van der Waals surface area (Å²) in [6.45, 7) is 11.0. The fourth-order valence-electron chi connectivity index (χ4n) is 3.18. The SMILES string of the molecule is CC(C)(C)c1c(O)c(C(C)(C)C)c(S)c(C(=O)OCc2ccc(F)cc2F)c1S. The third kappa shape index (κ3) is 4.89. The summed E-state index contributed by atoms with van der Waals surface area (Å²) in [5, 5.41) is 11.0. The summed E-state index contributed by atoms with van der Waals surface area (Å²) in [5.41, 5.74) is 0.132. The molecule has 0 aliphatic rings. The van der Waals surface area contributed by atoms with Crippen LogP contribution in [0, 0.1) is 11.6 Å². The van der Waals surface area contributed by atoms with E-state index in [1.807, 2.05) is 41.5 Å². The highest BCUT2D eigenvalue weighted by Crippen LogP contribution is 2.47. The zero-order valence-corrected chi connectivity index (χ0v) is 19.1. The predicted molar refractivity (Wildman–Crippen MR) is 115 cm³/mol. The van der Waals surface area contributed by atoms with Gasteiger partial charge in [0.25, 0.3) is 0 Å². The van der Waals surface area contributed by atoms with Crippen LogP contribution in [0.15, 0.2) is 28.0 Å². The van der Waals surface area contributed by atoms with Crippen molar-refractivity contribution in [3.05, 3.63) is 52.1 Å². The number of hydrogen-bond acceptors (Lipinski definition) is 5. The Labute approximate surface area is 181 Å². The molecule has 0 unspecified atom stereocenters. The molecule has 0 aromatic heterocycles. The normalized spacial score (nSPS) is 12.2. The Morgan fingerprint density at radius 2 is 1.48 bits per heavy atom. The zero-order valence-electron chi connectivity index (χ0n) is 17.4. The molecule has 2 aromatic carbocycles. The van der Waals surface area contributed by atoms with Gasteiger partial charge in [-0.05, 0) is 23.0 Å². The quantitative estimate of drug-likeness (QED) is 0.393. The van der Waals surface area contributed by atoms with Gasteiger partial charge in [0.15, 0.2) is 0 Å². The van der Waals surface area contributed by atoms with Crippen LogP contribution in [0.5, 0.6) is 5.75 Å². The standard InChI is InChI=1S/C22H26F2O3S2/c1-21(2,3)15-17(25)16(22(4,5)6)19(29)14(18(15)28)20(26)27-10-11-7-8-12(23)9-13(11)24/h7-9,25,28-29H,10H2,1-6H3. The van der Waals surface area contributed by atoms with Gasteiger partial charge < -0.3 is 9.84 Å². The van der Waals surface area contributed by atoms with Crippen molar-refractivity contribution in [2.75, 3.05) is 0 Å². The van der Waals surface area contributed by atoms with E-state index in [2.05, 4.69) is 25.3 Å². The van der Waals surface area contributed by atoms with Gasteiger partial charge in [0.1, 0.15) is 24.0 Å². The maximum absolute atomic E-state index is 13.9. The van der Waals surface area contributed by atoms with E-state index >= 15 is 0 Å². The van der Waals surface area contributed by atoms with Crippen LogP contribution in [0.3, 0.4) is 0 Å². The number of hydrogen-bond donors (Lipinski definition) is 3. The Hall–Kier alpha value is -1.73. The fourth-order valence-corrected chi connectivity index (χ4v) is 4.56. The molecule has 0 bridgehead atoms. The first-order valence-electron chi connectivity index (χ1n) is 9.09. The first-order chi connectivity index (χ1) is 13.2. The first kappa shape index (κ1) is 23.5. The number of carbonyl (C=O) groups is 1. The Balaban J connectivity index is 2.57. The van der Waals surface area contributed by atoms with Gasteiger partial charge >= 0.3 is 5.97 Å². The molecule has 0 aliphatic carbocycles. The van der Waals surface area contributed by atoms with Crippen molar-refractivity contribution in [3.63, 3.8) is 0 Å². The van der Waals surface area contributed by atoms with Crippen LogP contribution in [-0.4, -0.2) is 11.1 Å². The van der Waals surface area contributed by atoms with Crippen LogP contribution >= 0.6 is 25.3 Å². The summed E-state index contributed by atoms with van der Waals surface area (Å²) in [6, 6.07) is 3.04. The van der Waals surface area contributed by atoms with Crippen molar-refractivity contribution < 1.29 is 23.4 Å². The maximum Gasteiger partial charge on any atom is 0.340 e. The van der Waals surface area contributed by atoms with Gasteiger partial charge in [0, 0.05) is 32.5 Å². The highest BCUT2D eigenvalue weighted by Gasteiger charge is 2.34. The second-order valence-corrected chi connectivity index (χ2v) is 9.88. The lowest BCUT2D eigenvalue weighted by atomic mass is 9.78. The van der Waals surface area contributed by atoms with Crippen molar-refractivity contribution in [1.82, 2.24) is 0 Å². The Kier molecular flexibility index (Phi) is 6.65. The average Bonchev–Trinajstić information content (AvgIpc) is 2.50. The smallest absolute Gasteiger partial charge is 0.340 e. The second kappa shape index (κ2) is 8.19. The molecule has 1 N–H and O–H groups in total. The molecule has 0 fully saturated rings. The molecule has 158 valence electrons. The summed E-state index contributed by atoms with van der Waals surface area (Å²) in [5.74, 6) is -2.22. The number of esters is 1. The summed E-state index contributed by atoms with van der Waals surface area (Å²) >= 11 is 9.01. The zero-order chi connectivity index (χ0) is 22.3. The molecule has 7 heteroatoms. The molecule has 2 aromatic rings. The van der Waals surface area contributed by atoms with Crippen molar-refractivity contribution >= 4 is 31.2 Å². The van der Waals surface area contributed by atoms with Gasteiger partial charge in [-0.25, -0.2) is 13.6 Å². The van der Waals surface area contributed by atoms with Crippen molar-refractivity contribution in [3.8, 4) is 5.75 Å². The largest absolute Gasteiger partial charge is 0.507 e. The van der Waals surface area contributed by atoms with Gasteiger partial charge in [-0.15, -0.1) is 25.3 Å². The number of carbonyl (C=O) groups excluding carboxylic acids is 1. The predicted octanol–water partition coefficient (Wildman–Crippen LogP) is 6.20. The number of rotatable bonds is 3. The number of phenolic OH excluding ortho intramolecular Hbond substituents is 1. The van der Waals surface area contributed by atoms with Gasteiger partial charge in [0.2, 0.25) is 0 Å². The van der Waals surface area contributed by atoms with E-state index in [1.54, 1.807) is 0 Å². The van der Waals surface area contributed by atoms with E-state index in [0.29, 0.717) is 11.1 Å². The molecule has 0 heterocycles. The van der Waals surface area contributed by atoms with Crippen LogP contribution in [-0.2, 0) is 22.2 Å². The molecular formula is C22H26F2O3S2. The number of ether oxygens (including phenoxy) is 1. The maximum atomic E-state index is 13.9. The van der Waals surface area contributed by atoms with Gasteiger partial charge in [-0.1, -0.05) is 41.5 Å². The average molecular weight is 441 g/mol. The Morgan fingerprint density at radius 1 is 1.00 bits per heavy atom. The first-order valence-corrected chi connectivity index (χ1v) is 9.98. The van der Waals surface area contributed by atoms with Crippen molar-refractivity contribution in [1.29, 1.82) is 0 Å². The van der Waals surface area contributed by atoms with Crippen LogP contribution in [0.25, 0.3) is 0 Å². The Morgan fingerprint density at radius 3 is 1.90 bits per heavy atom. The van der Waals surface area contributed by atoms with E-state index in [9.17, 15) is 18.7 Å². The lowest BCUT2D eigenvalue weighted by Gasteiger charge is -2.31. The molecule has 0 amide bonds. The fraction of sp³-hybridized carbons (Fsp3) is 0.409. The summed E-state index contributed by atoms with van der Waals surface area (Å²) in [6.07, 6.45) is 0. The third-order valence-electron chi connectivity index (χ3n) is 4.50. The molecule has 0 atom stereocenters. The van der Waals surface area contributed by atoms with E-state index < -0.39 is 28.4 Å². The third-order valence-corrected chi connectivity index (χ3v) is 5.39. The highest BCUT2D eigenvalue weighted by molar-refractivity contribution is 7.81. The number of phenols is 1.